The van der Waals surface area contributed by atoms with Crippen LogP contribution in [0.15, 0.2) is 18.3 Å². The molecule has 1 aromatic rings. The Labute approximate surface area is 98.7 Å². The zero-order chi connectivity index (χ0) is 12.0. The first-order valence-electron chi connectivity index (χ1n) is 6.04. The molecule has 0 aliphatic carbocycles. The number of hydrogen-bond acceptors (Lipinski definition) is 3. The van der Waals surface area contributed by atoms with Crippen molar-refractivity contribution in [2.45, 2.75) is 46.6 Å². The van der Waals surface area contributed by atoms with E-state index in [2.05, 4.69) is 43.2 Å². The van der Waals surface area contributed by atoms with Crippen LogP contribution in [0.5, 0.6) is 0 Å². The lowest BCUT2D eigenvalue weighted by atomic mass is 9.84. The third kappa shape index (κ3) is 4.27. The monoisotopic (exact) mass is 221 g/mol. The van der Waals surface area contributed by atoms with Gasteiger partial charge in [0, 0.05) is 18.7 Å². The Morgan fingerprint density at radius 3 is 2.62 bits per heavy atom. The van der Waals surface area contributed by atoms with Crippen molar-refractivity contribution in [1.82, 2.24) is 15.5 Å². The predicted octanol–water partition coefficient (Wildman–Crippen LogP) is 2.43. The van der Waals surface area contributed by atoms with Gasteiger partial charge in [-0.25, -0.2) is 0 Å². The third-order valence-corrected chi connectivity index (χ3v) is 2.73. The van der Waals surface area contributed by atoms with Gasteiger partial charge in [0.05, 0.1) is 5.69 Å². The molecule has 1 unspecified atom stereocenters. The summed E-state index contributed by atoms with van der Waals surface area (Å²) in [7, 11) is 0. The van der Waals surface area contributed by atoms with Gasteiger partial charge in [0.15, 0.2) is 0 Å². The van der Waals surface area contributed by atoms with Crippen molar-refractivity contribution in [1.29, 1.82) is 0 Å². The molecule has 0 aromatic carbocycles. The minimum Gasteiger partial charge on any atom is -0.313 e. The average Bonchev–Trinajstić information content (AvgIpc) is 2.24. The molecule has 0 aliphatic rings. The molecule has 1 rings (SSSR count). The van der Waals surface area contributed by atoms with E-state index in [-0.39, 0.29) is 5.41 Å². The van der Waals surface area contributed by atoms with E-state index in [1.165, 1.54) is 0 Å². The summed E-state index contributed by atoms with van der Waals surface area (Å²) in [5.41, 5.74) is 1.30. The maximum absolute atomic E-state index is 4.15. The van der Waals surface area contributed by atoms with Crippen molar-refractivity contribution in [2.24, 2.45) is 5.41 Å². The fraction of sp³-hybridized carbons (Fsp3) is 0.692. The molecule has 90 valence electrons. The largest absolute Gasteiger partial charge is 0.313 e. The van der Waals surface area contributed by atoms with Gasteiger partial charge in [0.2, 0.25) is 0 Å². The molecule has 1 heterocycles. The van der Waals surface area contributed by atoms with Crippen LogP contribution in [0.2, 0.25) is 0 Å². The van der Waals surface area contributed by atoms with Crippen molar-refractivity contribution >= 4 is 0 Å². The van der Waals surface area contributed by atoms with Gasteiger partial charge in [0.1, 0.15) is 0 Å². The van der Waals surface area contributed by atoms with E-state index in [1.807, 2.05) is 12.1 Å². The SMILES string of the molecule is CCCNC(Cc1cccnn1)C(C)(C)C. The first-order valence-corrected chi connectivity index (χ1v) is 6.04. The number of nitrogens with one attached hydrogen (secondary N) is 1. The van der Waals surface area contributed by atoms with E-state index in [9.17, 15) is 0 Å². The minimum absolute atomic E-state index is 0.243. The second-order valence-corrected chi connectivity index (χ2v) is 5.29. The van der Waals surface area contributed by atoms with Crippen LogP contribution < -0.4 is 5.32 Å². The molecule has 0 spiro atoms. The Morgan fingerprint density at radius 1 is 1.38 bits per heavy atom. The summed E-state index contributed by atoms with van der Waals surface area (Å²) in [6.07, 6.45) is 3.82. The van der Waals surface area contributed by atoms with E-state index < -0.39 is 0 Å². The third-order valence-electron chi connectivity index (χ3n) is 2.73. The van der Waals surface area contributed by atoms with E-state index in [0.29, 0.717) is 6.04 Å². The number of aromatic nitrogens is 2. The highest BCUT2D eigenvalue weighted by Crippen LogP contribution is 2.21. The van der Waals surface area contributed by atoms with Crippen molar-refractivity contribution in [3.05, 3.63) is 24.0 Å². The number of nitrogens with zero attached hydrogens (tertiary/aromatic N) is 2. The molecular weight excluding hydrogens is 198 g/mol. The summed E-state index contributed by atoms with van der Waals surface area (Å²) >= 11 is 0. The van der Waals surface area contributed by atoms with E-state index in [4.69, 9.17) is 0 Å². The van der Waals surface area contributed by atoms with Crippen molar-refractivity contribution in [3.63, 3.8) is 0 Å². The van der Waals surface area contributed by atoms with Crippen LogP contribution in [0.25, 0.3) is 0 Å². The number of rotatable bonds is 5. The Balaban J connectivity index is 2.64. The smallest absolute Gasteiger partial charge is 0.0646 e. The lowest BCUT2D eigenvalue weighted by Crippen LogP contribution is -2.42. The van der Waals surface area contributed by atoms with Crippen LogP contribution >= 0.6 is 0 Å². The standard InChI is InChI=1S/C13H23N3/c1-5-8-14-12(13(2,3)4)10-11-7-6-9-15-16-11/h6-7,9,12,14H,5,8,10H2,1-4H3. The zero-order valence-corrected chi connectivity index (χ0v) is 10.8. The summed E-state index contributed by atoms with van der Waals surface area (Å²) in [4.78, 5) is 0. The molecule has 0 saturated heterocycles. The van der Waals surface area contributed by atoms with Crippen molar-refractivity contribution in [2.75, 3.05) is 6.54 Å². The van der Waals surface area contributed by atoms with Gasteiger partial charge in [-0.3, -0.25) is 0 Å². The summed E-state index contributed by atoms with van der Waals surface area (Å²) in [5, 5.41) is 11.7. The molecule has 16 heavy (non-hydrogen) atoms. The Kier molecular flexibility index (Phi) is 4.87. The molecule has 1 N–H and O–H groups in total. The molecule has 3 nitrogen and oxygen atoms in total. The van der Waals surface area contributed by atoms with Gasteiger partial charge in [-0.15, -0.1) is 0 Å². The summed E-state index contributed by atoms with van der Waals surface area (Å²) < 4.78 is 0. The Hall–Kier alpha value is -0.960. The van der Waals surface area contributed by atoms with Crippen LogP contribution in [-0.2, 0) is 6.42 Å². The fourth-order valence-electron chi connectivity index (χ4n) is 1.65. The highest BCUT2D eigenvalue weighted by molar-refractivity contribution is 5.03. The predicted molar refractivity (Wildman–Crippen MR) is 67.3 cm³/mol. The molecule has 0 aliphatic heterocycles. The van der Waals surface area contributed by atoms with Gasteiger partial charge in [-0.1, -0.05) is 27.7 Å². The molecule has 0 bridgehead atoms. The van der Waals surface area contributed by atoms with Crippen LogP contribution in [0.1, 0.15) is 39.8 Å². The average molecular weight is 221 g/mol. The molecule has 3 heteroatoms. The molecule has 0 amide bonds. The fourth-order valence-corrected chi connectivity index (χ4v) is 1.65. The molecule has 1 atom stereocenters. The van der Waals surface area contributed by atoms with E-state index in [1.54, 1.807) is 6.20 Å². The van der Waals surface area contributed by atoms with Crippen LogP contribution in [0.4, 0.5) is 0 Å². The molecule has 0 saturated carbocycles. The first kappa shape index (κ1) is 13.1. The van der Waals surface area contributed by atoms with Gasteiger partial charge in [-0.05, 0) is 30.5 Å². The molecule has 0 fully saturated rings. The molecule has 1 aromatic heterocycles. The molecular formula is C13H23N3. The van der Waals surface area contributed by atoms with Crippen molar-refractivity contribution < 1.29 is 0 Å². The second kappa shape index (κ2) is 5.94. The zero-order valence-electron chi connectivity index (χ0n) is 10.8. The highest BCUT2D eigenvalue weighted by atomic mass is 15.1. The van der Waals surface area contributed by atoms with Gasteiger partial charge in [-0.2, -0.15) is 10.2 Å². The summed E-state index contributed by atoms with van der Waals surface area (Å²) in [6, 6.07) is 4.44. The summed E-state index contributed by atoms with van der Waals surface area (Å²) in [5.74, 6) is 0. The maximum Gasteiger partial charge on any atom is 0.0646 e. The maximum atomic E-state index is 4.15. The lowest BCUT2D eigenvalue weighted by molar-refractivity contribution is 0.265. The first-order chi connectivity index (χ1) is 7.54. The topological polar surface area (TPSA) is 37.8 Å². The lowest BCUT2D eigenvalue weighted by Gasteiger charge is -2.31. The quantitative estimate of drug-likeness (QED) is 0.830. The Morgan fingerprint density at radius 2 is 2.12 bits per heavy atom. The normalized spacial score (nSPS) is 13.8. The van der Waals surface area contributed by atoms with Crippen molar-refractivity contribution in [3.8, 4) is 0 Å². The second-order valence-electron chi connectivity index (χ2n) is 5.29. The summed E-state index contributed by atoms with van der Waals surface area (Å²) in [6.45, 7) is 10.0. The van der Waals surface area contributed by atoms with Crippen LogP contribution in [0.3, 0.4) is 0 Å². The van der Waals surface area contributed by atoms with Gasteiger partial charge >= 0.3 is 0 Å². The highest BCUT2D eigenvalue weighted by Gasteiger charge is 2.24. The Bertz CT molecular complexity index is 290. The van der Waals surface area contributed by atoms with E-state index >= 15 is 0 Å². The van der Waals surface area contributed by atoms with Crippen LogP contribution in [0, 0.1) is 5.41 Å². The van der Waals surface area contributed by atoms with Crippen LogP contribution in [-0.4, -0.2) is 22.8 Å². The number of hydrogen-bond donors (Lipinski definition) is 1. The molecule has 0 radical (unpaired) electrons. The minimum atomic E-state index is 0.243. The van der Waals surface area contributed by atoms with E-state index in [0.717, 1.165) is 25.1 Å². The van der Waals surface area contributed by atoms with Gasteiger partial charge in [0.25, 0.3) is 0 Å². The van der Waals surface area contributed by atoms with Gasteiger partial charge < -0.3 is 5.32 Å².